The molecule has 0 saturated carbocycles. The molecule has 0 spiro atoms. The molecule has 114 valence electrons. The molecule has 1 fully saturated rings. The van der Waals surface area contributed by atoms with Crippen molar-refractivity contribution in [3.63, 3.8) is 0 Å². The first-order chi connectivity index (χ1) is 9.36. The standard InChI is InChI=1S/C13H22N2O3S2/c1-10-7-12(19-11(10)8-14)20(16,17)15-9-13(2)3-5-18-6-4-13/h7,15H,3-6,8-9,14H2,1-2H3. The molecular weight excluding hydrogens is 296 g/mol. The zero-order valence-corrected chi connectivity index (χ0v) is 13.6. The van der Waals surface area contributed by atoms with Gasteiger partial charge in [0.15, 0.2) is 0 Å². The Balaban J connectivity index is 2.06. The van der Waals surface area contributed by atoms with E-state index in [0.717, 1.165) is 23.3 Å². The van der Waals surface area contributed by atoms with Crippen LogP contribution in [0.25, 0.3) is 0 Å². The van der Waals surface area contributed by atoms with Crippen molar-refractivity contribution >= 4 is 21.4 Å². The fourth-order valence-corrected chi connectivity index (χ4v) is 4.92. The van der Waals surface area contributed by atoms with Gasteiger partial charge in [-0.1, -0.05) is 6.92 Å². The van der Waals surface area contributed by atoms with E-state index in [-0.39, 0.29) is 5.41 Å². The number of hydrogen-bond acceptors (Lipinski definition) is 5. The van der Waals surface area contributed by atoms with Crippen LogP contribution in [-0.2, 0) is 21.3 Å². The van der Waals surface area contributed by atoms with Gasteiger partial charge in [0.2, 0.25) is 10.0 Å². The second kappa shape index (κ2) is 6.11. The minimum absolute atomic E-state index is 0.0195. The molecule has 1 aromatic heterocycles. The van der Waals surface area contributed by atoms with Crippen LogP contribution in [0.15, 0.2) is 10.3 Å². The number of nitrogens with one attached hydrogen (secondary N) is 1. The molecule has 1 aliphatic rings. The highest BCUT2D eigenvalue weighted by Crippen LogP contribution is 2.30. The van der Waals surface area contributed by atoms with Crippen molar-refractivity contribution < 1.29 is 13.2 Å². The molecule has 2 rings (SSSR count). The van der Waals surface area contributed by atoms with Crippen molar-refractivity contribution in [1.82, 2.24) is 4.72 Å². The van der Waals surface area contributed by atoms with Crippen LogP contribution in [0.3, 0.4) is 0 Å². The van der Waals surface area contributed by atoms with Crippen LogP contribution in [0.1, 0.15) is 30.2 Å². The number of sulfonamides is 1. The van der Waals surface area contributed by atoms with Gasteiger partial charge in [-0.15, -0.1) is 11.3 Å². The van der Waals surface area contributed by atoms with Gasteiger partial charge in [-0.3, -0.25) is 0 Å². The molecule has 2 heterocycles. The molecule has 3 N–H and O–H groups in total. The molecule has 0 atom stereocenters. The van der Waals surface area contributed by atoms with Crippen LogP contribution in [0.4, 0.5) is 0 Å². The normalized spacial score (nSPS) is 19.1. The predicted octanol–water partition coefficient (Wildman–Crippen LogP) is 1.61. The summed E-state index contributed by atoms with van der Waals surface area (Å²) in [6.07, 6.45) is 1.76. The van der Waals surface area contributed by atoms with Gasteiger partial charge < -0.3 is 10.5 Å². The van der Waals surface area contributed by atoms with Crippen molar-refractivity contribution in [2.45, 2.75) is 37.4 Å². The maximum atomic E-state index is 12.3. The van der Waals surface area contributed by atoms with Gasteiger partial charge in [0.05, 0.1) is 0 Å². The summed E-state index contributed by atoms with van der Waals surface area (Å²) >= 11 is 1.25. The summed E-state index contributed by atoms with van der Waals surface area (Å²) in [5.41, 5.74) is 6.52. The highest BCUT2D eigenvalue weighted by Gasteiger charge is 2.29. The summed E-state index contributed by atoms with van der Waals surface area (Å²) in [4.78, 5) is 0.919. The van der Waals surface area contributed by atoms with Gasteiger partial charge in [0, 0.05) is 31.2 Å². The zero-order chi connectivity index (χ0) is 14.8. The van der Waals surface area contributed by atoms with Gasteiger partial charge in [-0.25, -0.2) is 13.1 Å². The maximum absolute atomic E-state index is 12.3. The van der Waals surface area contributed by atoms with Crippen LogP contribution < -0.4 is 10.5 Å². The summed E-state index contributed by atoms with van der Waals surface area (Å²) in [5.74, 6) is 0. The summed E-state index contributed by atoms with van der Waals surface area (Å²) < 4.78 is 33.1. The minimum Gasteiger partial charge on any atom is -0.381 e. The first-order valence-electron chi connectivity index (χ1n) is 6.73. The monoisotopic (exact) mass is 318 g/mol. The molecule has 1 aliphatic heterocycles. The largest absolute Gasteiger partial charge is 0.381 e. The third-order valence-electron chi connectivity index (χ3n) is 3.84. The Bertz CT molecular complexity index is 560. The highest BCUT2D eigenvalue weighted by molar-refractivity contribution is 7.91. The lowest BCUT2D eigenvalue weighted by atomic mass is 9.83. The van der Waals surface area contributed by atoms with Crippen molar-refractivity contribution in [2.24, 2.45) is 11.1 Å². The number of hydrogen-bond donors (Lipinski definition) is 2. The minimum atomic E-state index is -3.44. The molecule has 1 aromatic rings. The topological polar surface area (TPSA) is 81.4 Å². The molecule has 0 unspecified atom stereocenters. The Hall–Kier alpha value is -0.470. The third kappa shape index (κ3) is 3.59. The van der Waals surface area contributed by atoms with Crippen LogP contribution >= 0.6 is 11.3 Å². The quantitative estimate of drug-likeness (QED) is 0.864. The zero-order valence-electron chi connectivity index (χ0n) is 11.9. The van der Waals surface area contributed by atoms with Crippen LogP contribution in [0.5, 0.6) is 0 Å². The Morgan fingerprint density at radius 1 is 1.45 bits per heavy atom. The third-order valence-corrected chi connectivity index (χ3v) is 6.97. The van der Waals surface area contributed by atoms with E-state index in [9.17, 15) is 8.42 Å². The number of thiophene rings is 1. The summed E-state index contributed by atoms with van der Waals surface area (Å²) in [5, 5.41) is 0. The van der Waals surface area contributed by atoms with Crippen LogP contribution in [-0.4, -0.2) is 28.2 Å². The molecule has 0 aromatic carbocycles. The average Bonchev–Trinajstić information content (AvgIpc) is 2.80. The van der Waals surface area contributed by atoms with Crippen molar-refractivity contribution in [2.75, 3.05) is 19.8 Å². The maximum Gasteiger partial charge on any atom is 0.250 e. The van der Waals surface area contributed by atoms with E-state index in [1.807, 2.05) is 6.92 Å². The lowest BCUT2D eigenvalue weighted by molar-refractivity contribution is 0.0265. The molecule has 7 heteroatoms. The summed E-state index contributed by atoms with van der Waals surface area (Å²) in [6.45, 7) is 6.22. The van der Waals surface area contributed by atoms with Gasteiger partial charge in [0.25, 0.3) is 0 Å². The van der Waals surface area contributed by atoms with Crippen molar-refractivity contribution in [3.05, 3.63) is 16.5 Å². The van der Waals surface area contributed by atoms with E-state index in [0.29, 0.717) is 30.5 Å². The van der Waals surface area contributed by atoms with Gasteiger partial charge in [-0.05, 0) is 36.8 Å². The van der Waals surface area contributed by atoms with Gasteiger partial charge in [-0.2, -0.15) is 0 Å². The van der Waals surface area contributed by atoms with Crippen molar-refractivity contribution in [3.8, 4) is 0 Å². The average molecular weight is 318 g/mol. The molecule has 0 amide bonds. The van der Waals surface area contributed by atoms with Crippen LogP contribution in [0.2, 0.25) is 0 Å². The fourth-order valence-electron chi connectivity index (χ4n) is 2.21. The number of nitrogens with two attached hydrogens (primary N) is 1. The molecule has 0 bridgehead atoms. The van der Waals surface area contributed by atoms with E-state index < -0.39 is 10.0 Å². The van der Waals surface area contributed by atoms with Gasteiger partial charge in [0.1, 0.15) is 4.21 Å². The highest BCUT2D eigenvalue weighted by atomic mass is 32.2. The smallest absolute Gasteiger partial charge is 0.250 e. The molecule has 0 aliphatic carbocycles. The molecule has 0 radical (unpaired) electrons. The molecule has 20 heavy (non-hydrogen) atoms. The Kier molecular flexibility index (Phi) is 4.86. The fraction of sp³-hybridized carbons (Fsp3) is 0.692. The van der Waals surface area contributed by atoms with Gasteiger partial charge >= 0.3 is 0 Å². The molecule has 5 nitrogen and oxygen atoms in total. The Morgan fingerprint density at radius 3 is 2.65 bits per heavy atom. The molecule has 1 saturated heterocycles. The van der Waals surface area contributed by atoms with E-state index in [1.165, 1.54) is 11.3 Å². The second-order valence-corrected chi connectivity index (χ2v) is 8.75. The SMILES string of the molecule is Cc1cc(S(=O)(=O)NCC2(C)CCOCC2)sc1CN. The Morgan fingerprint density at radius 2 is 2.10 bits per heavy atom. The summed E-state index contributed by atoms with van der Waals surface area (Å²) in [6, 6.07) is 1.70. The number of ether oxygens (including phenoxy) is 1. The van der Waals surface area contributed by atoms with E-state index >= 15 is 0 Å². The van der Waals surface area contributed by atoms with E-state index in [4.69, 9.17) is 10.5 Å². The number of aryl methyl sites for hydroxylation is 1. The van der Waals surface area contributed by atoms with Crippen molar-refractivity contribution in [1.29, 1.82) is 0 Å². The predicted molar refractivity (Wildman–Crippen MR) is 80.3 cm³/mol. The van der Waals surface area contributed by atoms with E-state index in [2.05, 4.69) is 11.6 Å². The van der Waals surface area contributed by atoms with E-state index in [1.54, 1.807) is 6.07 Å². The second-order valence-electron chi connectivity index (χ2n) is 5.62. The first kappa shape index (κ1) is 15.9. The lowest BCUT2D eigenvalue weighted by Crippen LogP contribution is -2.39. The molecular formula is C13H22N2O3S2. The first-order valence-corrected chi connectivity index (χ1v) is 9.03. The summed E-state index contributed by atoms with van der Waals surface area (Å²) in [7, 11) is -3.44. The lowest BCUT2D eigenvalue weighted by Gasteiger charge is -2.33. The Labute approximate surface area is 124 Å². The van der Waals surface area contributed by atoms with Crippen LogP contribution in [0, 0.1) is 12.3 Å². The number of rotatable bonds is 5.